The van der Waals surface area contributed by atoms with Gasteiger partial charge in [0.2, 0.25) is 0 Å². The van der Waals surface area contributed by atoms with Crippen molar-refractivity contribution in [3.8, 4) is 0 Å². The largest absolute Gasteiger partial charge is 0.254 e. The normalized spacial score (nSPS) is 16.9. The second-order valence-electron chi connectivity index (χ2n) is 2.57. The fourth-order valence-electron chi connectivity index (χ4n) is 0.611. The quantitative estimate of drug-likeness (QED) is 0.563. The maximum Gasteiger partial charge on any atom is -0.0196 e. The average molecular weight is 134 g/mol. The minimum absolute atomic E-state index is 0.360. The molecule has 0 aromatic heterocycles. The Labute approximate surface area is 56.0 Å². The van der Waals surface area contributed by atoms with E-state index in [1.165, 1.54) is 12.2 Å². The summed E-state index contributed by atoms with van der Waals surface area (Å²) in [6.07, 6.45) is 3.75. The van der Waals surface area contributed by atoms with Crippen LogP contribution in [0.2, 0.25) is 0 Å². The van der Waals surface area contributed by atoms with Gasteiger partial charge in [-0.2, -0.15) is 0 Å². The van der Waals surface area contributed by atoms with Gasteiger partial charge in [0.15, 0.2) is 0 Å². The van der Waals surface area contributed by atoms with E-state index in [4.69, 9.17) is 0 Å². The third-order valence-electron chi connectivity index (χ3n) is 1.46. The zero-order valence-corrected chi connectivity index (χ0v) is 7.33. The highest BCUT2D eigenvalue weighted by Gasteiger charge is 1.98. The molecule has 0 aliphatic heterocycles. The van der Waals surface area contributed by atoms with Gasteiger partial charge in [0.25, 0.3) is 0 Å². The van der Waals surface area contributed by atoms with Crippen molar-refractivity contribution in [1.29, 1.82) is 0 Å². The Kier molecular flexibility index (Phi) is 4.44. The topological polar surface area (TPSA) is 0 Å². The van der Waals surface area contributed by atoms with E-state index in [0.717, 1.165) is 5.25 Å². The molecule has 0 N–H and O–H groups in total. The molecular formula is C7H18S. The van der Waals surface area contributed by atoms with Crippen LogP contribution in [-0.2, 0) is 0 Å². The standard InChI is InChI=1S/C7H18S/c1-5-6-8(4)7(2)3/h7-8H,5-6H2,1-4H3. The molecule has 0 nitrogen and oxygen atoms in total. The van der Waals surface area contributed by atoms with Crippen molar-refractivity contribution in [2.24, 2.45) is 0 Å². The molecule has 0 fully saturated rings. The van der Waals surface area contributed by atoms with Crippen LogP contribution < -0.4 is 0 Å². The van der Waals surface area contributed by atoms with E-state index in [-0.39, 0.29) is 0 Å². The maximum absolute atomic E-state index is 2.39. The van der Waals surface area contributed by atoms with Crippen LogP contribution >= 0.6 is 10.9 Å². The Morgan fingerprint density at radius 2 is 1.88 bits per heavy atom. The van der Waals surface area contributed by atoms with E-state index in [1.807, 2.05) is 0 Å². The fourth-order valence-corrected chi connectivity index (χ4v) is 1.83. The lowest BCUT2D eigenvalue weighted by atomic mass is 10.6. The molecule has 1 heteroatoms. The summed E-state index contributed by atoms with van der Waals surface area (Å²) >= 11 is 0. The van der Waals surface area contributed by atoms with Gasteiger partial charge in [-0.05, 0) is 23.7 Å². The molecule has 0 amide bonds. The highest BCUT2D eigenvalue weighted by molar-refractivity contribution is 8.16. The van der Waals surface area contributed by atoms with Crippen LogP contribution in [0.25, 0.3) is 0 Å². The first-order valence-electron chi connectivity index (χ1n) is 3.38. The van der Waals surface area contributed by atoms with Crippen molar-refractivity contribution in [3.63, 3.8) is 0 Å². The van der Waals surface area contributed by atoms with Crippen LogP contribution in [0.15, 0.2) is 0 Å². The number of hydrogen-bond donors (Lipinski definition) is 1. The molecule has 0 saturated heterocycles. The van der Waals surface area contributed by atoms with Gasteiger partial charge in [-0.25, -0.2) is 0 Å². The van der Waals surface area contributed by atoms with Gasteiger partial charge in [-0.1, -0.05) is 20.8 Å². The Bertz CT molecular complexity index is 50.3. The molecule has 0 bridgehead atoms. The van der Waals surface area contributed by atoms with Crippen LogP contribution in [0, 0.1) is 0 Å². The fraction of sp³-hybridized carbons (Fsp3) is 1.00. The molecule has 52 valence electrons. The predicted molar refractivity (Wildman–Crippen MR) is 45.2 cm³/mol. The smallest absolute Gasteiger partial charge is 0.0196 e. The molecule has 0 saturated carbocycles. The van der Waals surface area contributed by atoms with Crippen molar-refractivity contribution in [2.45, 2.75) is 32.4 Å². The molecule has 0 aliphatic rings. The molecule has 0 aliphatic carbocycles. The first kappa shape index (κ1) is 8.35. The Morgan fingerprint density at radius 3 is 2.00 bits per heavy atom. The van der Waals surface area contributed by atoms with E-state index in [1.54, 1.807) is 0 Å². The predicted octanol–water partition coefficient (Wildman–Crippen LogP) is 2.44. The van der Waals surface area contributed by atoms with Crippen molar-refractivity contribution in [2.75, 3.05) is 12.0 Å². The molecule has 0 aromatic carbocycles. The van der Waals surface area contributed by atoms with E-state index < -0.39 is 0 Å². The first-order chi connectivity index (χ1) is 3.68. The van der Waals surface area contributed by atoms with Gasteiger partial charge in [-0.3, -0.25) is 10.9 Å². The number of thiol groups is 1. The summed E-state index contributed by atoms with van der Waals surface area (Å²) in [6, 6.07) is 0. The van der Waals surface area contributed by atoms with Crippen LogP contribution in [-0.4, -0.2) is 17.3 Å². The highest BCUT2D eigenvalue weighted by atomic mass is 32.2. The van der Waals surface area contributed by atoms with Crippen LogP contribution in [0.3, 0.4) is 0 Å². The minimum Gasteiger partial charge on any atom is -0.254 e. The first-order valence-corrected chi connectivity index (χ1v) is 5.43. The van der Waals surface area contributed by atoms with Gasteiger partial charge < -0.3 is 0 Å². The zero-order chi connectivity index (χ0) is 6.57. The number of hydrogen-bond acceptors (Lipinski definition) is 0. The molecule has 0 spiro atoms. The van der Waals surface area contributed by atoms with E-state index in [2.05, 4.69) is 27.0 Å². The summed E-state index contributed by atoms with van der Waals surface area (Å²) in [7, 11) is 0.360. The van der Waals surface area contributed by atoms with Crippen molar-refractivity contribution in [3.05, 3.63) is 0 Å². The van der Waals surface area contributed by atoms with E-state index in [0.29, 0.717) is 10.9 Å². The summed E-state index contributed by atoms with van der Waals surface area (Å²) in [4.78, 5) is 0. The van der Waals surface area contributed by atoms with Crippen molar-refractivity contribution < 1.29 is 0 Å². The zero-order valence-electron chi connectivity index (χ0n) is 6.44. The lowest BCUT2D eigenvalue weighted by molar-refractivity contribution is 1.05. The molecule has 1 unspecified atom stereocenters. The van der Waals surface area contributed by atoms with Gasteiger partial charge in [0, 0.05) is 0 Å². The van der Waals surface area contributed by atoms with Crippen molar-refractivity contribution >= 4 is 10.9 Å². The molecule has 0 radical (unpaired) electrons. The molecule has 0 heterocycles. The molecule has 8 heavy (non-hydrogen) atoms. The lowest BCUT2D eigenvalue weighted by Crippen LogP contribution is -1.98. The molecule has 0 rings (SSSR count). The molecule has 1 atom stereocenters. The van der Waals surface area contributed by atoms with E-state index >= 15 is 0 Å². The second kappa shape index (κ2) is 4.25. The third-order valence-corrected chi connectivity index (χ3v) is 4.37. The van der Waals surface area contributed by atoms with E-state index in [9.17, 15) is 0 Å². The maximum atomic E-state index is 2.39. The Balaban J connectivity index is 3.17. The molecular weight excluding hydrogens is 116 g/mol. The third kappa shape index (κ3) is 3.36. The SMILES string of the molecule is CCC[SH](C)C(C)C. The monoisotopic (exact) mass is 134 g/mol. The number of rotatable bonds is 3. The van der Waals surface area contributed by atoms with Crippen LogP contribution in [0.1, 0.15) is 27.2 Å². The molecule has 0 aromatic rings. The minimum atomic E-state index is 0.360. The van der Waals surface area contributed by atoms with Gasteiger partial charge in [0.1, 0.15) is 0 Å². The summed E-state index contributed by atoms with van der Waals surface area (Å²) < 4.78 is 0. The lowest BCUT2D eigenvalue weighted by Gasteiger charge is -2.18. The van der Waals surface area contributed by atoms with Crippen LogP contribution in [0.5, 0.6) is 0 Å². The van der Waals surface area contributed by atoms with Gasteiger partial charge in [0.05, 0.1) is 0 Å². The summed E-state index contributed by atoms with van der Waals surface area (Å²) in [5.41, 5.74) is 0. The summed E-state index contributed by atoms with van der Waals surface area (Å²) in [5, 5.41) is 0.935. The van der Waals surface area contributed by atoms with Gasteiger partial charge >= 0.3 is 0 Å². The summed E-state index contributed by atoms with van der Waals surface area (Å²) in [5.74, 6) is 1.45. The summed E-state index contributed by atoms with van der Waals surface area (Å²) in [6.45, 7) is 6.91. The van der Waals surface area contributed by atoms with Crippen LogP contribution in [0.4, 0.5) is 0 Å². The van der Waals surface area contributed by atoms with Gasteiger partial charge in [-0.15, -0.1) is 0 Å². The Morgan fingerprint density at radius 1 is 1.38 bits per heavy atom. The second-order valence-corrected chi connectivity index (χ2v) is 5.57. The van der Waals surface area contributed by atoms with Crippen molar-refractivity contribution in [1.82, 2.24) is 0 Å². The highest BCUT2D eigenvalue weighted by Crippen LogP contribution is 2.26. The Hall–Kier alpha value is 0.350. The average Bonchev–Trinajstić information content (AvgIpc) is 1.67.